The van der Waals surface area contributed by atoms with Gasteiger partial charge < -0.3 is 23.1 Å². The molecule has 0 unspecified atom stereocenters. The van der Waals surface area contributed by atoms with Crippen LogP contribution in [0.5, 0.6) is 0 Å². The quantitative estimate of drug-likeness (QED) is 0.548. The molecule has 0 aliphatic carbocycles. The predicted molar refractivity (Wildman–Crippen MR) is 116 cm³/mol. The van der Waals surface area contributed by atoms with E-state index >= 15 is 0 Å². The van der Waals surface area contributed by atoms with Gasteiger partial charge in [-0.2, -0.15) is 0 Å². The molecular weight excluding hydrogens is 376 g/mol. The van der Waals surface area contributed by atoms with Crippen molar-refractivity contribution in [1.82, 2.24) is 0 Å². The molecule has 0 saturated carbocycles. The van der Waals surface area contributed by atoms with E-state index in [-0.39, 0.29) is 28.4 Å². The van der Waals surface area contributed by atoms with Crippen molar-refractivity contribution >= 4 is 16.6 Å². The summed E-state index contributed by atoms with van der Waals surface area (Å²) in [6.07, 6.45) is -1.65. The number of ether oxygens (including phenoxy) is 3. The van der Waals surface area contributed by atoms with E-state index in [4.69, 9.17) is 23.1 Å². The Morgan fingerprint density at radius 1 is 0.778 bits per heavy atom. The van der Waals surface area contributed by atoms with Gasteiger partial charge in [0.2, 0.25) is 6.29 Å². The third-order valence-corrected chi connectivity index (χ3v) is 15.4. The molecule has 0 bridgehead atoms. The zero-order valence-electron chi connectivity index (χ0n) is 19.6. The van der Waals surface area contributed by atoms with Gasteiger partial charge in [-0.3, -0.25) is 0 Å². The van der Waals surface area contributed by atoms with Gasteiger partial charge in [0.05, 0.1) is 0 Å². The van der Waals surface area contributed by atoms with Gasteiger partial charge in [0.25, 0.3) is 0 Å². The van der Waals surface area contributed by atoms with E-state index in [0.29, 0.717) is 5.76 Å². The topological polar surface area (TPSA) is 46.2 Å². The van der Waals surface area contributed by atoms with Gasteiger partial charge in [0.1, 0.15) is 24.1 Å². The first kappa shape index (κ1) is 24.9. The monoisotopic (exact) mass is 418 g/mol. The van der Waals surface area contributed by atoms with E-state index < -0.39 is 22.9 Å². The fraction of sp³-hybridized carbons (Fsp3) is 0.900. The van der Waals surface area contributed by atoms with Crippen LogP contribution in [-0.4, -0.2) is 55.5 Å². The Morgan fingerprint density at radius 2 is 1.19 bits per heavy atom. The van der Waals surface area contributed by atoms with Gasteiger partial charge in [0.15, 0.2) is 16.6 Å². The van der Waals surface area contributed by atoms with Crippen molar-refractivity contribution in [2.24, 2.45) is 0 Å². The van der Waals surface area contributed by atoms with Crippen LogP contribution in [0.15, 0.2) is 12.3 Å². The first-order valence-corrected chi connectivity index (χ1v) is 15.6. The molecule has 0 radical (unpaired) electrons. The molecule has 1 fully saturated rings. The lowest BCUT2D eigenvalue weighted by atomic mass is 10.0. The van der Waals surface area contributed by atoms with Crippen molar-refractivity contribution in [3.05, 3.63) is 12.3 Å². The van der Waals surface area contributed by atoms with Crippen LogP contribution in [0.4, 0.5) is 0 Å². The maximum Gasteiger partial charge on any atom is 0.227 e. The normalized spacial score (nSPS) is 28.2. The molecule has 1 rings (SSSR count). The molecule has 160 valence electrons. The van der Waals surface area contributed by atoms with Gasteiger partial charge >= 0.3 is 0 Å². The van der Waals surface area contributed by atoms with E-state index in [0.717, 1.165) is 0 Å². The van der Waals surface area contributed by atoms with Crippen molar-refractivity contribution in [1.29, 1.82) is 0 Å². The molecule has 0 amide bonds. The highest BCUT2D eigenvalue weighted by molar-refractivity contribution is 6.74. The number of hydrogen-bond donors (Lipinski definition) is 0. The van der Waals surface area contributed by atoms with Crippen LogP contribution in [-0.2, 0) is 23.1 Å². The molecule has 1 aliphatic heterocycles. The van der Waals surface area contributed by atoms with E-state index in [2.05, 4.69) is 74.3 Å². The van der Waals surface area contributed by atoms with Crippen molar-refractivity contribution in [3.63, 3.8) is 0 Å². The highest BCUT2D eigenvalue weighted by Crippen LogP contribution is 2.43. The van der Waals surface area contributed by atoms with E-state index in [1.807, 2.05) is 0 Å². The summed E-state index contributed by atoms with van der Waals surface area (Å²) < 4.78 is 30.9. The van der Waals surface area contributed by atoms with Crippen LogP contribution in [0.3, 0.4) is 0 Å². The molecule has 0 aromatic heterocycles. The minimum absolute atomic E-state index is 0.0594. The van der Waals surface area contributed by atoms with Crippen LogP contribution < -0.4 is 0 Å². The molecule has 5 nitrogen and oxygen atoms in total. The van der Waals surface area contributed by atoms with Gasteiger partial charge in [-0.15, -0.1) is 0 Å². The maximum atomic E-state index is 6.81. The first-order chi connectivity index (χ1) is 12.0. The molecule has 7 heteroatoms. The van der Waals surface area contributed by atoms with E-state index in [1.54, 1.807) is 14.2 Å². The second-order valence-electron chi connectivity index (χ2n) is 10.5. The van der Waals surface area contributed by atoms with Crippen molar-refractivity contribution < 1.29 is 23.1 Å². The lowest BCUT2D eigenvalue weighted by molar-refractivity contribution is -0.230. The summed E-state index contributed by atoms with van der Waals surface area (Å²) in [5.41, 5.74) is 0. The Bertz CT molecular complexity index is 519. The smallest absolute Gasteiger partial charge is 0.227 e. The fourth-order valence-corrected chi connectivity index (χ4v) is 5.10. The molecule has 0 aromatic rings. The summed E-state index contributed by atoms with van der Waals surface area (Å²) in [5, 5.41) is 0.124. The average Bonchev–Trinajstić information content (AvgIpc) is 2.47. The average molecular weight is 419 g/mol. The molecule has 0 N–H and O–H groups in total. The van der Waals surface area contributed by atoms with Gasteiger partial charge in [-0.25, -0.2) is 0 Å². The molecule has 4 atom stereocenters. The zero-order chi connectivity index (χ0) is 21.4. The molecule has 27 heavy (non-hydrogen) atoms. The minimum atomic E-state index is -2.09. The first-order valence-electron chi connectivity index (χ1n) is 9.75. The summed E-state index contributed by atoms with van der Waals surface area (Å²) in [7, 11) is -0.870. The second-order valence-corrected chi connectivity index (χ2v) is 20.0. The Morgan fingerprint density at radius 3 is 1.52 bits per heavy atom. The van der Waals surface area contributed by atoms with Crippen LogP contribution in [0.2, 0.25) is 36.3 Å². The molecule has 0 aromatic carbocycles. The van der Waals surface area contributed by atoms with E-state index in [9.17, 15) is 0 Å². The highest BCUT2D eigenvalue weighted by atomic mass is 28.4. The Hall–Kier alpha value is -0.186. The van der Waals surface area contributed by atoms with Crippen molar-refractivity contribution in [2.75, 3.05) is 14.2 Å². The molecule has 1 saturated heterocycles. The third kappa shape index (κ3) is 5.45. The highest BCUT2D eigenvalue weighted by Gasteiger charge is 2.53. The SMILES string of the molecule is C=C1O[C@H](OC)[C@H](O[Si](C)(C)C(C)(C)C)[C@@H](O[Si](C)(C)C(C)(C)C)[C@@H]1OC. The summed E-state index contributed by atoms with van der Waals surface area (Å²) >= 11 is 0. The second kappa shape index (κ2) is 8.28. The van der Waals surface area contributed by atoms with Crippen LogP contribution in [0.1, 0.15) is 41.5 Å². The summed E-state index contributed by atoms with van der Waals surface area (Å²) in [6, 6.07) is 0. The molecular formula is C20H42O5Si2. The summed E-state index contributed by atoms with van der Waals surface area (Å²) in [4.78, 5) is 0. The standard InChI is InChI=1S/C20H42O5Si2/c1-14-15(21-8)16(24-26(10,11)19(2,3)4)17(18(22-9)23-14)25-27(12,13)20(5,6)7/h15-18H,1H2,2-13H3/t15-,16+,17-,18+/m1/s1. The molecule has 0 spiro atoms. The van der Waals surface area contributed by atoms with Crippen molar-refractivity contribution in [2.45, 2.75) is 102 Å². The van der Waals surface area contributed by atoms with E-state index in [1.165, 1.54) is 0 Å². The predicted octanol–water partition coefficient (Wildman–Crippen LogP) is 5.30. The summed E-state index contributed by atoms with van der Waals surface area (Å²) in [5.74, 6) is 0.531. The number of methoxy groups -OCH3 is 2. The summed E-state index contributed by atoms with van der Waals surface area (Å²) in [6.45, 7) is 26.3. The fourth-order valence-electron chi connectivity index (χ4n) is 2.53. The minimum Gasteiger partial charge on any atom is -0.464 e. The Kier molecular flexibility index (Phi) is 7.62. The van der Waals surface area contributed by atoms with Crippen LogP contribution >= 0.6 is 0 Å². The lowest BCUT2D eigenvalue weighted by Gasteiger charge is -2.50. The van der Waals surface area contributed by atoms with Gasteiger partial charge in [-0.05, 0) is 36.3 Å². The molecule has 1 aliphatic rings. The van der Waals surface area contributed by atoms with Crippen molar-refractivity contribution in [3.8, 4) is 0 Å². The largest absolute Gasteiger partial charge is 0.464 e. The molecule has 1 heterocycles. The van der Waals surface area contributed by atoms with Gasteiger partial charge in [0, 0.05) is 14.2 Å². The van der Waals surface area contributed by atoms with Gasteiger partial charge in [-0.1, -0.05) is 48.1 Å². The zero-order valence-corrected chi connectivity index (χ0v) is 21.6. The Balaban J connectivity index is 3.34. The van der Waals surface area contributed by atoms with Crippen LogP contribution in [0.25, 0.3) is 0 Å². The number of rotatable bonds is 6. The third-order valence-electron chi connectivity index (χ3n) is 6.44. The number of hydrogen-bond acceptors (Lipinski definition) is 5. The maximum absolute atomic E-state index is 6.81. The Labute approximate surface area is 169 Å². The lowest BCUT2D eigenvalue weighted by Crippen LogP contribution is -2.62. The van der Waals surface area contributed by atoms with Crippen LogP contribution in [0, 0.1) is 0 Å².